The highest BCUT2D eigenvalue weighted by Crippen LogP contribution is 2.49. The highest BCUT2D eigenvalue weighted by molar-refractivity contribution is 5.81. The van der Waals surface area contributed by atoms with Crippen molar-refractivity contribution in [1.82, 2.24) is 5.32 Å². The maximum atomic E-state index is 10.9. The first-order chi connectivity index (χ1) is 8.25. The molecule has 2 atom stereocenters. The first-order valence-corrected chi connectivity index (χ1v) is 5.96. The van der Waals surface area contributed by atoms with Gasteiger partial charge in [-0.1, -0.05) is 18.2 Å². The second kappa shape index (κ2) is 3.91. The van der Waals surface area contributed by atoms with E-state index in [2.05, 4.69) is 23.5 Å². The first-order valence-electron chi connectivity index (χ1n) is 5.96. The zero-order valence-corrected chi connectivity index (χ0v) is 9.77. The maximum Gasteiger partial charge on any atom is 0.216 e. The van der Waals surface area contributed by atoms with Gasteiger partial charge >= 0.3 is 0 Å². The van der Waals surface area contributed by atoms with Gasteiger partial charge in [-0.25, -0.2) is 0 Å². The average Bonchev–Trinajstić information content (AvgIpc) is 2.92. The molecule has 1 heterocycles. The van der Waals surface area contributed by atoms with Crippen molar-refractivity contribution >= 4 is 16.9 Å². The summed E-state index contributed by atoms with van der Waals surface area (Å²) < 4.78 is 5.54. The van der Waals surface area contributed by atoms with E-state index in [0.717, 1.165) is 23.9 Å². The van der Waals surface area contributed by atoms with E-state index in [1.54, 1.807) is 13.2 Å². The number of rotatable bonds is 3. The molecule has 1 aromatic carbocycles. The van der Waals surface area contributed by atoms with Crippen LogP contribution >= 0.6 is 0 Å². The lowest BCUT2D eigenvalue weighted by molar-refractivity contribution is -0.119. The molecule has 0 saturated heterocycles. The first kappa shape index (κ1) is 10.4. The zero-order chi connectivity index (χ0) is 11.8. The van der Waals surface area contributed by atoms with E-state index in [-0.39, 0.29) is 5.91 Å². The summed E-state index contributed by atoms with van der Waals surface area (Å²) in [5, 5.41) is 4.04. The number of amides is 1. The molecule has 0 bridgehead atoms. The summed E-state index contributed by atoms with van der Waals surface area (Å²) in [5.74, 6) is 1.15. The molecule has 1 aliphatic carbocycles. The van der Waals surface area contributed by atoms with Crippen LogP contribution in [-0.4, -0.2) is 12.5 Å². The minimum absolute atomic E-state index is 0.0480. The van der Waals surface area contributed by atoms with Gasteiger partial charge in [0.15, 0.2) is 0 Å². The van der Waals surface area contributed by atoms with Gasteiger partial charge in [0.2, 0.25) is 5.91 Å². The standard InChI is InChI=1S/C14H15NO2/c1-9(16)15-8-11-7-13(11)12-4-2-3-10-5-6-17-14(10)12/h2-6,11,13H,7-8H2,1H3,(H,15,16). The molecule has 3 heteroatoms. The monoisotopic (exact) mass is 229 g/mol. The Kier molecular flexibility index (Phi) is 2.39. The predicted molar refractivity (Wildman–Crippen MR) is 65.7 cm³/mol. The second-order valence-corrected chi connectivity index (χ2v) is 4.73. The lowest BCUT2D eigenvalue weighted by Crippen LogP contribution is -2.22. The summed E-state index contributed by atoms with van der Waals surface area (Å²) in [6, 6.07) is 8.25. The Morgan fingerprint density at radius 3 is 3.18 bits per heavy atom. The van der Waals surface area contributed by atoms with Crippen molar-refractivity contribution in [2.75, 3.05) is 6.54 Å². The van der Waals surface area contributed by atoms with Crippen molar-refractivity contribution in [3.63, 3.8) is 0 Å². The summed E-state index contributed by atoms with van der Waals surface area (Å²) in [6.45, 7) is 2.34. The third-order valence-electron chi connectivity index (χ3n) is 3.44. The van der Waals surface area contributed by atoms with E-state index in [4.69, 9.17) is 4.42 Å². The largest absolute Gasteiger partial charge is 0.464 e. The average molecular weight is 229 g/mol. The third-order valence-corrected chi connectivity index (χ3v) is 3.44. The Morgan fingerprint density at radius 2 is 2.35 bits per heavy atom. The van der Waals surface area contributed by atoms with Gasteiger partial charge in [0, 0.05) is 18.9 Å². The van der Waals surface area contributed by atoms with Crippen LogP contribution < -0.4 is 5.32 Å². The summed E-state index contributed by atoms with van der Waals surface area (Å²) in [7, 11) is 0. The highest BCUT2D eigenvalue weighted by atomic mass is 16.3. The van der Waals surface area contributed by atoms with Crippen LogP contribution in [0.4, 0.5) is 0 Å². The predicted octanol–water partition coefficient (Wildman–Crippen LogP) is 2.67. The number of benzene rings is 1. The molecule has 3 nitrogen and oxygen atoms in total. The van der Waals surface area contributed by atoms with Crippen LogP contribution in [0.25, 0.3) is 11.0 Å². The molecule has 1 aromatic heterocycles. The molecule has 1 aliphatic rings. The van der Waals surface area contributed by atoms with Crippen molar-refractivity contribution in [3.8, 4) is 0 Å². The minimum Gasteiger partial charge on any atom is -0.464 e. The van der Waals surface area contributed by atoms with Gasteiger partial charge in [-0.05, 0) is 29.9 Å². The fourth-order valence-corrected chi connectivity index (χ4v) is 2.44. The highest BCUT2D eigenvalue weighted by Gasteiger charge is 2.39. The van der Waals surface area contributed by atoms with Crippen LogP contribution in [0.1, 0.15) is 24.8 Å². The Labute approximate surface area is 99.8 Å². The Morgan fingerprint density at radius 1 is 1.47 bits per heavy atom. The van der Waals surface area contributed by atoms with Crippen LogP contribution in [-0.2, 0) is 4.79 Å². The quantitative estimate of drug-likeness (QED) is 0.879. The molecule has 1 saturated carbocycles. The van der Waals surface area contributed by atoms with Gasteiger partial charge in [0.25, 0.3) is 0 Å². The summed E-state index contributed by atoms with van der Waals surface area (Å²) in [5.41, 5.74) is 2.28. The molecule has 1 fully saturated rings. The lowest BCUT2D eigenvalue weighted by atomic mass is 10.1. The number of nitrogens with one attached hydrogen (secondary N) is 1. The van der Waals surface area contributed by atoms with Gasteiger partial charge < -0.3 is 9.73 Å². The topological polar surface area (TPSA) is 42.2 Å². The number of carbonyl (C=O) groups excluding carboxylic acids is 1. The molecule has 0 aliphatic heterocycles. The van der Waals surface area contributed by atoms with E-state index in [1.165, 1.54) is 5.56 Å². The van der Waals surface area contributed by atoms with E-state index in [0.29, 0.717) is 11.8 Å². The Bertz CT molecular complexity index is 558. The molecular formula is C14H15NO2. The van der Waals surface area contributed by atoms with Gasteiger partial charge in [0.1, 0.15) is 5.58 Å². The van der Waals surface area contributed by atoms with Crippen molar-refractivity contribution < 1.29 is 9.21 Å². The summed E-state index contributed by atoms with van der Waals surface area (Å²) in [6.07, 6.45) is 2.87. The number of para-hydroxylation sites is 1. The van der Waals surface area contributed by atoms with Gasteiger partial charge in [-0.3, -0.25) is 4.79 Å². The van der Waals surface area contributed by atoms with Gasteiger partial charge in [-0.2, -0.15) is 0 Å². The molecule has 17 heavy (non-hydrogen) atoms. The van der Waals surface area contributed by atoms with Crippen molar-refractivity contribution in [3.05, 3.63) is 36.1 Å². The zero-order valence-electron chi connectivity index (χ0n) is 9.77. The molecule has 1 amide bonds. The van der Waals surface area contributed by atoms with Gasteiger partial charge in [-0.15, -0.1) is 0 Å². The smallest absolute Gasteiger partial charge is 0.216 e. The molecule has 2 aromatic rings. The molecule has 1 N–H and O–H groups in total. The Balaban J connectivity index is 1.78. The second-order valence-electron chi connectivity index (χ2n) is 4.73. The van der Waals surface area contributed by atoms with Crippen molar-refractivity contribution in [2.45, 2.75) is 19.3 Å². The molecule has 88 valence electrons. The third kappa shape index (κ3) is 1.93. The number of fused-ring (bicyclic) bond motifs is 1. The SMILES string of the molecule is CC(=O)NCC1CC1c1cccc2ccoc12. The van der Waals surface area contributed by atoms with Crippen LogP contribution in [0.15, 0.2) is 34.9 Å². The summed E-state index contributed by atoms with van der Waals surface area (Å²) >= 11 is 0. The fourth-order valence-electron chi connectivity index (χ4n) is 2.44. The van der Waals surface area contributed by atoms with Crippen molar-refractivity contribution in [1.29, 1.82) is 0 Å². The molecule has 2 unspecified atom stereocenters. The number of hydrogen-bond acceptors (Lipinski definition) is 2. The lowest BCUT2D eigenvalue weighted by Gasteiger charge is -2.02. The number of carbonyl (C=O) groups is 1. The van der Waals surface area contributed by atoms with Crippen molar-refractivity contribution in [2.24, 2.45) is 5.92 Å². The molecule has 3 rings (SSSR count). The molecular weight excluding hydrogens is 214 g/mol. The normalized spacial score (nSPS) is 22.6. The molecule has 0 radical (unpaired) electrons. The van der Waals surface area contributed by atoms with Gasteiger partial charge in [0.05, 0.1) is 6.26 Å². The van der Waals surface area contributed by atoms with E-state index >= 15 is 0 Å². The van der Waals surface area contributed by atoms with Crippen LogP contribution in [0.3, 0.4) is 0 Å². The van der Waals surface area contributed by atoms with Crippen LogP contribution in [0.2, 0.25) is 0 Å². The summed E-state index contributed by atoms with van der Waals surface area (Å²) in [4.78, 5) is 10.9. The number of furan rings is 1. The number of hydrogen-bond donors (Lipinski definition) is 1. The minimum atomic E-state index is 0.0480. The van der Waals surface area contributed by atoms with Crippen LogP contribution in [0.5, 0.6) is 0 Å². The maximum absolute atomic E-state index is 10.9. The van der Waals surface area contributed by atoms with Crippen LogP contribution in [0, 0.1) is 5.92 Å². The van der Waals surface area contributed by atoms with E-state index < -0.39 is 0 Å². The Hall–Kier alpha value is -1.77. The van der Waals surface area contributed by atoms with E-state index in [9.17, 15) is 4.79 Å². The fraction of sp³-hybridized carbons (Fsp3) is 0.357. The van der Waals surface area contributed by atoms with E-state index in [1.807, 2.05) is 6.07 Å². The molecule has 0 spiro atoms.